The fraction of sp³-hybridized carbons (Fsp3) is 0.400. The van der Waals surface area contributed by atoms with Crippen LogP contribution in [0.4, 0.5) is 0 Å². The number of carbonyl (C=O) groups is 1. The molecule has 10 heavy (non-hydrogen) atoms. The molecule has 0 spiro atoms. The molecule has 1 unspecified atom stereocenters. The SMILES string of the molecule is CSC1=NC(=O)C(Br)C=N1. The molecular weight excluding hydrogens is 216 g/mol. The first-order valence-corrected chi connectivity index (χ1v) is 4.73. The Hall–Kier alpha value is -0.160. The molecule has 0 aliphatic carbocycles. The van der Waals surface area contributed by atoms with Crippen molar-refractivity contribution in [2.45, 2.75) is 4.83 Å². The summed E-state index contributed by atoms with van der Waals surface area (Å²) in [6.45, 7) is 0. The van der Waals surface area contributed by atoms with Gasteiger partial charge >= 0.3 is 0 Å². The Balaban J connectivity index is 2.76. The van der Waals surface area contributed by atoms with Crippen LogP contribution in [-0.4, -0.2) is 28.4 Å². The highest BCUT2D eigenvalue weighted by Gasteiger charge is 2.16. The molecule has 0 saturated carbocycles. The first-order chi connectivity index (χ1) is 4.74. The third kappa shape index (κ3) is 1.67. The summed E-state index contributed by atoms with van der Waals surface area (Å²) in [5.74, 6) is -0.181. The van der Waals surface area contributed by atoms with Crippen molar-refractivity contribution in [1.29, 1.82) is 0 Å². The Bertz CT molecular complexity index is 214. The molecule has 3 nitrogen and oxygen atoms in total. The standard InChI is InChI=1S/C5H5BrN2OS/c1-10-5-7-2-3(6)4(9)8-5/h2-3H,1H3. The zero-order chi connectivity index (χ0) is 7.56. The summed E-state index contributed by atoms with van der Waals surface area (Å²) in [4.78, 5) is 18.1. The van der Waals surface area contributed by atoms with Crippen molar-refractivity contribution in [3.63, 3.8) is 0 Å². The predicted octanol–water partition coefficient (Wildman–Crippen LogP) is 1.08. The number of amides is 1. The van der Waals surface area contributed by atoms with Gasteiger partial charge in [0.15, 0.2) is 5.17 Å². The van der Waals surface area contributed by atoms with E-state index in [4.69, 9.17) is 0 Å². The molecule has 1 atom stereocenters. The molecule has 0 saturated heterocycles. The number of hydrogen-bond donors (Lipinski definition) is 0. The van der Waals surface area contributed by atoms with Crippen LogP contribution < -0.4 is 0 Å². The summed E-state index contributed by atoms with van der Waals surface area (Å²) in [7, 11) is 0. The Labute approximate surface area is 71.1 Å². The van der Waals surface area contributed by atoms with Crippen molar-refractivity contribution in [3.8, 4) is 0 Å². The van der Waals surface area contributed by atoms with E-state index in [1.807, 2.05) is 6.26 Å². The van der Waals surface area contributed by atoms with Crippen LogP contribution in [0, 0.1) is 0 Å². The third-order valence-electron chi connectivity index (χ3n) is 0.940. The molecule has 1 heterocycles. The van der Waals surface area contributed by atoms with Gasteiger partial charge in [0, 0.05) is 6.21 Å². The van der Waals surface area contributed by atoms with E-state index in [1.54, 1.807) is 6.21 Å². The van der Waals surface area contributed by atoms with Crippen molar-refractivity contribution < 1.29 is 4.79 Å². The number of aliphatic imine (C=N–C) groups is 2. The summed E-state index contributed by atoms with van der Waals surface area (Å²) in [6.07, 6.45) is 3.37. The number of nitrogens with zero attached hydrogens (tertiary/aromatic N) is 2. The van der Waals surface area contributed by atoms with Gasteiger partial charge in [0.1, 0.15) is 4.83 Å². The molecule has 0 fully saturated rings. The normalized spacial score (nSPS) is 24.8. The first-order valence-electron chi connectivity index (χ1n) is 2.59. The van der Waals surface area contributed by atoms with Crippen LogP contribution in [0.5, 0.6) is 0 Å². The van der Waals surface area contributed by atoms with E-state index in [2.05, 4.69) is 25.9 Å². The van der Waals surface area contributed by atoms with Crippen molar-refractivity contribution in [3.05, 3.63) is 0 Å². The van der Waals surface area contributed by atoms with Gasteiger partial charge in [0.05, 0.1) is 0 Å². The van der Waals surface area contributed by atoms with Crippen LogP contribution in [-0.2, 0) is 4.79 Å². The molecule has 1 aliphatic rings. The Morgan fingerprint density at radius 3 is 3.00 bits per heavy atom. The lowest BCUT2D eigenvalue weighted by Gasteiger charge is -2.04. The molecule has 0 N–H and O–H groups in total. The zero-order valence-corrected chi connectivity index (χ0v) is 7.65. The summed E-state index contributed by atoms with van der Waals surface area (Å²) < 4.78 is 0. The largest absolute Gasteiger partial charge is 0.271 e. The fourth-order valence-electron chi connectivity index (χ4n) is 0.476. The van der Waals surface area contributed by atoms with E-state index < -0.39 is 0 Å². The molecular formula is C5H5BrN2OS. The van der Waals surface area contributed by atoms with Gasteiger partial charge in [-0.25, -0.2) is 4.99 Å². The number of carbonyl (C=O) groups excluding carboxylic acids is 1. The maximum atomic E-state index is 10.8. The van der Waals surface area contributed by atoms with Crippen LogP contribution in [0.3, 0.4) is 0 Å². The molecule has 0 aromatic heterocycles. The van der Waals surface area contributed by atoms with Crippen molar-refractivity contribution in [2.24, 2.45) is 9.98 Å². The van der Waals surface area contributed by atoms with Crippen LogP contribution >= 0.6 is 27.7 Å². The van der Waals surface area contributed by atoms with Gasteiger partial charge in [-0.05, 0) is 6.26 Å². The average molecular weight is 221 g/mol. The van der Waals surface area contributed by atoms with E-state index in [9.17, 15) is 4.79 Å². The summed E-state index contributed by atoms with van der Waals surface area (Å²) >= 11 is 4.46. The van der Waals surface area contributed by atoms with E-state index in [0.717, 1.165) is 0 Å². The Morgan fingerprint density at radius 2 is 2.50 bits per heavy atom. The molecule has 0 radical (unpaired) electrons. The highest BCUT2D eigenvalue weighted by molar-refractivity contribution is 9.10. The fourth-order valence-corrected chi connectivity index (χ4v) is 1.04. The van der Waals surface area contributed by atoms with Crippen molar-refractivity contribution >= 4 is 45.0 Å². The maximum Gasteiger partial charge on any atom is 0.267 e. The van der Waals surface area contributed by atoms with E-state index in [1.165, 1.54) is 11.8 Å². The number of alkyl halides is 1. The second kappa shape index (κ2) is 3.30. The molecule has 0 aromatic rings. The van der Waals surface area contributed by atoms with Gasteiger partial charge in [-0.3, -0.25) is 4.79 Å². The Kier molecular flexibility index (Phi) is 2.62. The molecule has 0 aromatic carbocycles. The number of halogens is 1. The number of amidine groups is 1. The zero-order valence-electron chi connectivity index (χ0n) is 5.24. The third-order valence-corrected chi connectivity index (χ3v) is 2.13. The topological polar surface area (TPSA) is 41.8 Å². The first kappa shape index (κ1) is 7.94. The maximum absolute atomic E-state index is 10.8. The van der Waals surface area contributed by atoms with Crippen LogP contribution in [0.25, 0.3) is 0 Å². The minimum Gasteiger partial charge on any atom is -0.271 e. The smallest absolute Gasteiger partial charge is 0.267 e. The second-order valence-electron chi connectivity index (χ2n) is 1.62. The van der Waals surface area contributed by atoms with Gasteiger partial charge in [0.25, 0.3) is 5.91 Å². The van der Waals surface area contributed by atoms with Gasteiger partial charge in [-0.1, -0.05) is 27.7 Å². The lowest BCUT2D eigenvalue weighted by atomic mass is 10.4. The summed E-state index contributed by atoms with van der Waals surface area (Å²) in [5, 5.41) is 0.528. The van der Waals surface area contributed by atoms with E-state index >= 15 is 0 Å². The molecule has 1 amide bonds. The highest BCUT2D eigenvalue weighted by atomic mass is 79.9. The lowest BCUT2D eigenvalue weighted by molar-refractivity contribution is -0.116. The van der Waals surface area contributed by atoms with Gasteiger partial charge in [-0.2, -0.15) is 4.99 Å². The molecule has 0 bridgehead atoms. The monoisotopic (exact) mass is 220 g/mol. The van der Waals surface area contributed by atoms with Gasteiger partial charge in [0.2, 0.25) is 0 Å². The average Bonchev–Trinajstić information content (AvgIpc) is 1.95. The molecule has 1 rings (SSSR count). The second-order valence-corrected chi connectivity index (χ2v) is 3.38. The number of hydrogen-bond acceptors (Lipinski definition) is 3. The molecule has 5 heteroatoms. The quantitative estimate of drug-likeness (QED) is 0.574. The van der Waals surface area contributed by atoms with E-state index in [0.29, 0.717) is 5.17 Å². The van der Waals surface area contributed by atoms with Crippen molar-refractivity contribution in [2.75, 3.05) is 6.26 Å². The Morgan fingerprint density at radius 1 is 1.80 bits per heavy atom. The minimum absolute atomic E-state index is 0.181. The molecule has 54 valence electrons. The number of thioether (sulfide) groups is 1. The van der Waals surface area contributed by atoms with E-state index in [-0.39, 0.29) is 10.7 Å². The number of rotatable bonds is 0. The highest BCUT2D eigenvalue weighted by Crippen LogP contribution is 2.09. The summed E-state index contributed by atoms with van der Waals surface area (Å²) in [6, 6.07) is 0. The van der Waals surface area contributed by atoms with Crippen LogP contribution in [0.15, 0.2) is 9.98 Å². The lowest BCUT2D eigenvalue weighted by Crippen LogP contribution is -2.18. The van der Waals surface area contributed by atoms with Crippen LogP contribution in [0.1, 0.15) is 0 Å². The molecule has 1 aliphatic heterocycles. The van der Waals surface area contributed by atoms with Gasteiger partial charge in [-0.15, -0.1) is 0 Å². The van der Waals surface area contributed by atoms with Gasteiger partial charge < -0.3 is 0 Å². The minimum atomic E-state index is -0.330. The summed E-state index contributed by atoms with van der Waals surface area (Å²) in [5.41, 5.74) is 0. The predicted molar refractivity (Wildman–Crippen MR) is 47.2 cm³/mol. The van der Waals surface area contributed by atoms with Crippen LogP contribution in [0.2, 0.25) is 0 Å². The van der Waals surface area contributed by atoms with Crippen molar-refractivity contribution in [1.82, 2.24) is 0 Å².